The second-order valence-electron chi connectivity index (χ2n) is 5.32. The van der Waals surface area contributed by atoms with Gasteiger partial charge < -0.3 is 9.47 Å². The average molecular weight is 369 g/mol. The molecule has 4 nitrogen and oxygen atoms in total. The first kappa shape index (κ1) is 20.4. The zero-order valence-electron chi connectivity index (χ0n) is 14.1. The molecular formula is C18H22Cl2N2O2. The molecule has 1 rings (SSSR count). The third-order valence-electron chi connectivity index (χ3n) is 3.59. The van der Waals surface area contributed by atoms with Gasteiger partial charge in [0, 0.05) is 11.8 Å². The minimum atomic E-state index is 0.336. The van der Waals surface area contributed by atoms with E-state index in [1.165, 1.54) is 0 Å². The van der Waals surface area contributed by atoms with Gasteiger partial charge in [0.1, 0.15) is 0 Å². The molecule has 0 bridgehead atoms. The van der Waals surface area contributed by atoms with Crippen molar-refractivity contribution in [1.29, 1.82) is 0 Å². The molecule has 0 spiro atoms. The number of unbranched alkanes of at least 4 members (excludes halogenated alkanes) is 2. The Morgan fingerprint density at radius 1 is 0.750 bits per heavy atom. The summed E-state index contributed by atoms with van der Waals surface area (Å²) in [6.07, 6.45) is 3.37. The molecule has 0 aliphatic carbocycles. The fourth-order valence-corrected chi connectivity index (χ4v) is 2.65. The largest absolute Gasteiger partial charge is 0.491 e. The number of ether oxygens (including phenoxy) is 2. The van der Waals surface area contributed by atoms with Gasteiger partial charge in [0.25, 0.3) is 0 Å². The predicted octanol–water partition coefficient (Wildman–Crippen LogP) is 6.20. The van der Waals surface area contributed by atoms with E-state index in [2.05, 4.69) is 9.69 Å². The van der Waals surface area contributed by atoms with Crippen LogP contribution in [-0.2, 0) is 0 Å². The zero-order chi connectivity index (χ0) is 17.9. The van der Waals surface area contributed by atoms with E-state index in [4.69, 9.17) is 45.8 Å². The molecule has 0 aliphatic heterocycles. The first-order chi connectivity index (χ1) is 11.6. The molecule has 0 aromatic heterocycles. The van der Waals surface area contributed by atoms with E-state index >= 15 is 0 Å². The molecule has 0 amide bonds. The summed E-state index contributed by atoms with van der Waals surface area (Å²) in [6.45, 7) is 19.4. The van der Waals surface area contributed by atoms with Gasteiger partial charge in [0.15, 0.2) is 11.5 Å². The number of alkyl halides is 2. The molecular weight excluding hydrogens is 347 g/mol. The monoisotopic (exact) mass is 368 g/mol. The number of hydrogen-bond donors (Lipinski definition) is 0. The highest BCUT2D eigenvalue weighted by atomic mass is 35.5. The van der Waals surface area contributed by atoms with Gasteiger partial charge in [-0.15, -0.1) is 23.2 Å². The SMILES string of the molecule is [C-]#[N+]c1c(C)c(OCCCCCl)c(OCCCCCl)c(C)c1[N+]#[C-]. The van der Waals surface area contributed by atoms with E-state index in [1.54, 1.807) is 13.8 Å². The summed E-state index contributed by atoms with van der Waals surface area (Å²) in [5.41, 5.74) is 1.98. The van der Waals surface area contributed by atoms with Crippen LogP contribution < -0.4 is 9.47 Å². The van der Waals surface area contributed by atoms with Crippen LogP contribution in [0.1, 0.15) is 36.8 Å². The quantitative estimate of drug-likeness (QED) is 0.279. The summed E-state index contributed by atoms with van der Waals surface area (Å²) < 4.78 is 11.8. The minimum Gasteiger partial charge on any atom is -0.491 e. The maximum absolute atomic E-state index is 7.38. The van der Waals surface area contributed by atoms with Crippen molar-refractivity contribution >= 4 is 34.6 Å². The summed E-state index contributed by atoms with van der Waals surface area (Å²) in [7, 11) is 0. The van der Waals surface area contributed by atoms with E-state index in [9.17, 15) is 0 Å². The molecule has 0 saturated heterocycles. The van der Waals surface area contributed by atoms with E-state index in [0.29, 0.717) is 59.0 Å². The van der Waals surface area contributed by atoms with E-state index in [1.807, 2.05) is 0 Å². The molecule has 0 heterocycles. The number of halogens is 2. The molecule has 0 fully saturated rings. The van der Waals surface area contributed by atoms with Gasteiger partial charge in [-0.05, 0) is 50.7 Å². The lowest BCUT2D eigenvalue weighted by atomic mass is 10.0. The number of rotatable bonds is 10. The van der Waals surface area contributed by atoms with Crippen molar-refractivity contribution in [3.05, 3.63) is 34.0 Å². The lowest BCUT2D eigenvalue weighted by Gasteiger charge is -2.20. The molecule has 130 valence electrons. The van der Waals surface area contributed by atoms with Crippen LogP contribution in [-0.4, -0.2) is 25.0 Å². The van der Waals surface area contributed by atoms with Crippen molar-refractivity contribution in [2.75, 3.05) is 25.0 Å². The molecule has 0 unspecified atom stereocenters. The molecule has 0 N–H and O–H groups in total. The van der Waals surface area contributed by atoms with Crippen LogP contribution in [0.3, 0.4) is 0 Å². The summed E-state index contributed by atoms with van der Waals surface area (Å²) in [5.74, 6) is 2.30. The van der Waals surface area contributed by atoms with E-state index in [-0.39, 0.29) is 0 Å². The lowest BCUT2D eigenvalue weighted by Crippen LogP contribution is -2.06. The van der Waals surface area contributed by atoms with Gasteiger partial charge in [-0.25, -0.2) is 9.69 Å². The highest BCUT2D eigenvalue weighted by Gasteiger charge is 2.22. The van der Waals surface area contributed by atoms with Crippen LogP contribution in [0.2, 0.25) is 0 Å². The maximum Gasteiger partial charge on any atom is 0.201 e. The molecule has 6 heteroatoms. The molecule has 0 atom stereocenters. The van der Waals surface area contributed by atoms with Crippen LogP contribution in [0.15, 0.2) is 0 Å². The van der Waals surface area contributed by atoms with Gasteiger partial charge in [0.05, 0.1) is 26.4 Å². The highest BCUT2D eigenvalue weighted by Crippen LogP contribution is 2.48. The highest BCUT2D eigenvalue weighted by molar-refractivity contribution is 6.18. The normalized spacial score (nSPS) is 10.1. The van der Waals surface area contributed by atoms with Gasteiger partial charge >= 0.3 is 0 Å². The van der Waals surface area contributed by atoms with Crippen LogP contribution in [0.4, 0.5) is 11.4 Å². The molecule has 1 aromatic carbocycles. The molecule has 0 radical (unpaired) electrons. The third-order valence-corrected chi connectivity index (χ3v) is 4.13. The van der Waals surface area contributed by atoms with Crippen LogP contribution in [0.5, 0.6) is 11.5 Å². The number of hydrogen-bond acceptors (Lipinski definition) is 2. The lowest BCUT2D eigenvalue weighted by molar-refractivity contribution is 0.260. The Hall–Kier alpha value is -1.62. The predicted molar refractivity (Wildman–Crippen MR) is 99.3 cm³/mol. The van der Waals surface area contributed by atoms with Crippen LogP contribution in [0.25, 0.3) is 9.69 Å². The van der Waals surface area contributed by atoms with Gasteiger partial charge in [-0.1, -0.05) is 0 Å². The Morgan fingerprint density at radius 3 is 1.42 bits per heavy atom. The average Bonchev–Trinajstić information content (AvgIpc) is 2.59. The molecule has 1 aromatic rings. The van der Waals surface area contributed by atoms with Crippen molar-refractivity contribution in [2.24, 2.45) is 0 Å². The van der Waals surface area contributed by atoms with Gasteiger partial charge in [-0.3, -0.25) is 0 Å². The van der Waals surface area contributed by atoms with Crippen molar-refractivity contribution in [1.82, 2.24) is 0 Å². The second-order valence-corrected chi connectivity index (χ2v) is 6.07. The Kier molecular flexibility index (Phi) is 9.38. The van der Waals surface area contributed by atoms with Crippen molar-refractivity contribution in [3.63, 3.8) is 0 Å². The third kappa shape index (κ3) is 5.20. The Morgan fingerprint density at radius 2 is 1.12 bits per heavy atom. The summed E-state index contributed by atoms with van der Waals surface area (Å²) >= 11 is 11.4. The Bertz CT molecular complexity index is 579. The topological polar surface area (TPSA) is 27.2 Å². The fraction of sp³-hybridized carbons (Fsp3) is 0.556. The van der Waals surface area contributed by atoms with Crippen LogP contribution in [0, 0.1) is 27.0 Å². The summed E-state index contributed by atoms with van der Waals surface area (Å²) in [5, 5.41) is 0. The number of benzene rings is 1. The first-order valence-corrected chi connectivity index (χ1v) is 8.98. The van der Waals surface area contributed by atoms with Gasteiger partial charge in [0.2, 0.25) is 11.4 Å². The maximum atomic E-state index is 7.38. The van der Waals surface area contributed by atoms with E-state index in [0.717, 1.165) is 25.7 Å². The van der Waals surface area contributed by atoms with Crippen molar-refractivity contribution < 1.29 is 9.47 Å². The molecule has 0 aliphatic rings. The standard InChI is InChI=1S/C18H22Cl2N2O2/c1-13-15(21-3)16(22-4)14(2)18(24-12-8-6-10-20)17(13)23-11-7-5-9-19/h5-12H2,1-2H3. The van der Waals surface area contributed by atoms with Crippen molar-refractivity contribution in [3.8, 4) is 11.5 Å². The number of nitrogens with zero attached hydrogens (tertiary/aromatic N) is 2. The summed E-state index contributed by atoms with van der Waals surface area (Å²) in [4.78, 5) is 7.04. The zero-order valence-corrected chi connectivity index (χ0v) is 15.6. The Labute approximate surface area is 154 Å². The first-order valence-electron chi connectivity index (χ1n) is 7.91. The van der Waals surface area contributed by atoms with E-state index < -0.39 is 0 Å². The van der Waals surface area contributed by atoms with Crippen molar-refractivity contribution in [2.45, 2.75) is 39.5 Å². The van der Waals surface area contributed by atoms with Crippen LogP contribution >= 0.6 is 23.2 Å². The smallest absolute Gasteiger partial charge is 0.201 e. The Balaban J connectivity index is 3.17. The fourth-order valence-electron chi connectivity index (χ4n) is 2.27. The minimum absolute atomic E-state index is 0.336. The van der Waals surface area contributed by atoms with Gasteiger partial charge in [-0.2, -0.15) is 0 Å². The second kappa shape index (κ2) is 11.0. The molecule has 24 heavy (non-hydrogen) atoms. The molecule has 0 saturated carbocycles. The summed E-state index contributed by atoms with van der Waals surface area (Å²) in [6, 6.07) is 0.